The Labute approximate surface area is 137 Å². The quantitative estimate of drug-likeness (QED) is 0.862. The number of pyridine rings is 1. The van der Waals surface area contributed by atoms with Gasteiger partial charge in [0.25, 0.3) is 0 Å². The molecule has 2 atom stereocenters. The average Bonchev–Trinajstić information content (AvgIpc) is 2.89. The topological polar surface area (TPSA) is 61.0 Å². The van der Waals surface area contributed by atoms with Crippen LogP contribution in [-0.4, -0.2) is 22.6 Å². The monoisotopic (exact) mass is 321 g/mol. The van der Waals surface area contributed by atoms with Crippen LogP contribution in [0, 0.1) is 12.8 Å². The summed E-state index contributed by atoms with van der Waals surface area (Å²) in [4.78, 5) is 9.69. The van der Waals surface area contributed by atoms with E-state index >= 15 is 0 Å². The molecular weight excluding hydrogens is 294 g/mol. The summed E-state index contributed by atoms with van der Waals surface area (Å²) in [6, 6.07) is 4.12. The molecule has 2 aromatic heterocycles. The van der Waals surface area contributed by atoms with Crippen molar-refractivity contribution < 1.29 is 4.74 Å². The molecule has 0 amide bonds. The number of nitrogens with zero attached hydrogens (tertiary/aromatic N) is 2. The van der Waals surface area contributed by atoms with Gasteiger partial charge in [-0.1, -0.05) is 20.8 Å². The highest BCUT2D eigenvalue weighted by molar-refractivity contribution is 7.15. The first-order chi connectivity index (χ1) is 10.6. The number of nitrogens with two attached hydrogens (primary N) is 1. The third-order valence-electron chi connectivity index (χ3n) is 2.96. The molecule has 2 rings (SSSR count). The van der Waals surface area contributed by atoms with E-state index in [1.54, 1.807) is 23.7 Å². The Kier molecular flexibility index (Phi) is 8.06. The number of hydrogen-bond acceptors (Lipinski definition) is 5. The van der Waals surface area contributed by atoms with Gasteiger partial charge in [0.05, 0.1) is 11.5 Å². The molecule has 0 aromatic carbocycles. The second kappa shape index (κ2) is 9.54. The maximum absolute atomic E-state index is 5.83. The Morgan fingerprint density at radius 1 is 1.23 bits per heavy atom. The van der Waals surface area contributed by atoms with Gasteiger partial charge in [0, 0.05) is 24.0 Å². The van der Waals surface area contributed by atoms with Crippen LogP contribution in [0.25, 0.3) is 10.6 Å². The molecular formula is C17H27N3OS. The van der Waals surface area contributed by atoms with Gasteiger partial charge in [0.1, 0.15) is 5.01 Å². The molecule has 2 heterocycles. The molecule has 122 valence electrons. The van der Waals surface area contributed by atoms with Gasteiger partial charge in [0.15, 0.2) is 0 Å². The van der Waals surface area contributed by atoms with Crippen molar-refractivity contribution in [2.45, 2.75) is 47.1 Å². The van der Waals surface area contributed by atoms with Crippen LogP contribution in [0.4, 0.5) is 0 Å². The highest BCUT2D eigenvalue weighted by Crippen LogP contribution is 2.31. The maximum Gasteiger partial charge on any atom is 0.228 e. The minimum absolute atomic E-state index is 0.206. The van der Waals surface area contributed by atoms with E-state index < -0.39 is 0 Å². The molecule has 0 aliphatic rings. The number of thiazole rings is 1. The van der Waals surface area contributed by atoms with Crippen LogP contribution in [0.1, 0.15) is 39.0 Å². The molecule has 0 bridgehead atoms. The van der Waals surface area contributed by atoms with Crippen LogP contribution < -0.4 is 10.5 Å². The van der Waals surface area contributed by atoms with Crippen molar-refractivity contribution >= 4 is 11.3 Å². The van der Waals surface area contributed by atoms with Crippen molar-refractivity contribution in [1.29, 1.82) is 0 Å². The van der Waals surface area contributed by atoms with Gasteiger partial charge < -0.3 is 10.5 Å². The molecule has 0 radical (unpaired) electrons. The lowest BCUT2D eigenvalue weighted by molar-refractivity contribution is 0.238. The molecule has 0 aliphatic heterocycles. The van der Waals surface area contributed by atoms with E-state index in [-0.39, 0.29) is 6.04 Å². The number of aromatic nitrogens is 2. The zero-order valence-corrected chi connectivity index (χ0v) is 15.0. The maximum atomic E-state index is 5.83. The average molecular weight is 321 g/mol. The van der Waals surface area contributed by atoms with Crippen molar-refractivity contribution in [3.05, 3.63) is 29.4 Å². The summed E-state index contributed by atoms with van der Waals surface area (Å²) in [5.41, 5.74) is 6.87. The van der Waals surface area contributed by atoms with Gasteiger partial charge in [-0.3, -0.25) is 4.98 Å². The molecule has 0 saturated carbocycles. The molecule has 0 saturated heterocycles. The highest BCUT2D eigenvalue weighted by Gasteiger charge is 2.12. The summed E-state index contributed by atoms with van der Waals surface area (Å²) in [7, 11) is 0. The number of aryl methyl sites for hydroxylation is 1. The number of ether oxygens (including phenoxy) is 1. The van der Waals surface area contributed by atoms with E-state index in [1.807, 2.05) is 39.8 Å². The van der Waals surface area contributed by atoms with Gasteiger partial charge in [-0.25, -0.2) is 4.98 Å². The van der Waals surface area contributed by atoms with Gasteiger partial charge in [-0.15, -0.1) is 11.3 Å². The number of hydrogen-bond donors (Lipinski definition) is 1. The largest absolute Gasteiger partial charge is 0.477 e. The lowest BCUT2D eigenvalue weighted by Crippen LogP contribution is -2.21. The summed E-state index contributed by atoms with van der Waals surface area (Å²) >= 11 is 1.64. The molecule has 2 aromatic rings. The first kappa shape index (κ1) is 18.6. The SMILES string of the molecule is CC.Cc1sc(-c2ccncc2)nc1OCC(C)CC(C)N. The molecule has 5 heteroatoms. The van der Waals surface area contributed by atoms with Crippen LogP contribution in [-0.2, 0) is 0 Å². The predicted molar refractivity (Wildman–Crippen MR) is 94.4 cm³/mol. The smallest absolute Gasteiger partial charge is 0.228 e. The summed E-state index contributed by atoms with van der Waals surface area (Å²) in [6.07, 6.45) is 4.51. The molecule has 0 spiro atoms. The first-order valence-electron chi connectivity index (χ1n) is 7.82. The minimum Gasteiger partial charge on any atom is -0.477 e. The van der Waals surface area contributed by atoms with Gasteiger partial charge in [0.2, 0.25) is 5.88 Å². The van der Waals surface area contributed by atoms with Crippen LogP contribution >= 0.6 is 11.3 Å². The standard InChI is InChI=1S/C15H21N3OS.C2H6/c1-10(8-11(2)16)9-19-14-12(3)20-15(18-14)13-4-6-17-7-5-13;1-2/h4-7,10-11H,8-9,16H2,1-3H3;1-2H3. The van der Waals surface area contributed by atoms with Crippen molar-refractivity contribution in [2.75, 3.05) is 6.61 Å². The van der Waals surface area contributed by atoms with Crippen LogP contribution in [0.2, 0.25) is 0 Å². The fourth-order valence-corrected chi connectivity index (χ4v) is 2.92. The fraction of sp³-hybridized carbons (Fsp3) is 0.529. The first-order valence-corrected chi connectivity index (χ1v) is 8.64. The molecule has 0 fully saturated rings. The van der Waals surface area contributed by atoms with Gasteiger partial charge in [-0.05, 0) is 38.3 Å². The zero-order valence-electron chi connectivity index (χ0n) is 14.2. The lowest BCUT2D eigenvalue weighted by atomic mass is 10.1. The molecule has 22 heavy (non-hydrogen) atoms. The Morgan fingerprint density at radius 2 is 1.86 bits per heavy atom. The molecule has 2 N–H and O–H groups in total. The summed E-state index contributed by atoms with van der Waals surface area (Å²) in [5.74, 6) is 1.17. The summed E-state index contributed by atoms with van der Waals surface area (Å²) < 4.78 is 5.83. The zero-order chi connectivity index (χ0) is 16.5. The Hall–Kier alpha value is -1.46. The second-order valence-corrected chi connectivity index (χ2v) is 6.45. The summed E-state index contributed by atoms with van der Waals surface area (Å²) in [5, 5.41) is 0.972. The van der Waals surface area contributed by atoms with E-state index in [0.717, 1.165) is 27.7 Å². The van der Waals surface area contributed by atoms with Gasteiger partial charge >= 0.3 is 0 Å². The Balaban J connectivity index is 0.00000116. The molecule has 4 nitrogen and oxygen atoms in total. The van der Waals surface area contributed by atoms with Crippen LogP contribution in [0.5, 0.6) is 5.88 Å². The predicted octanol–water partition coefficient (Wildman–Crippen LogP) is 4.29. The van der Waals surface area contributed by atoms with Gasteiger partial charge in [-0.2, -0.15) is 0 Å². The lowest BCUT2D eigenvalue weighted by Gasteiger charge is -2.14. The summed E-state index contributed by atoms with van der Waals surface area (Å²) in [6.45, 7) is 10.9. The van der Waals surface area contributed by atoms with Crippen molar-refractivity contribution in [3.63, 3.8) is 0 Å². The Morgan fingerprint density at radius 3 is 2.45 bits per heavy atom. The minimum atomic E-state index is 0.206. The van der Waals surface area contributed by atoms with Crippen molar-refractivity contribution in [2.24, 2.45) is 11.7 Å². The van der Waals surface area contributed by atoms with Crippen LogP contribution in [0.3, 0.4) is 0 Å². The van der Waals surface area contributed by atoms with Crippen molar-refractivity contribution in [1.82, 2.24) is 9.97 Å². The molecule has 2 unspecified atom stereocenters. The van der Waals surface area contributed by atoms with E-state index in [2.05, 4.69) is 16.9 Å². The van der Waals surface area contributed by atoms with Crippen molar-refractivity contribution in [3.8, 4) is 16.5 Å². The van der Waals surface area contributed by atoms with Crippen LogP contribution in [0.15, 0.2) is 24.5 Å². The Bertz CT molecular complexity index is 540. The highest BCUT2D eigenvalue weighted by atomic mass is 32.1. The van der Waals surface area contributed by atoms with E-state index in [0.29, 0.717) is 12.5 Å². The second-order valence-electron chi connectivity index (χ2n) is 5.25. The third-order valence-corrected chi connectivity index (χ3v) is 3.96. The fourth-order valence-electron chi connectivity index (χ4n) is 2.06. The van der Waals surface area contributed by atoms with E-state index in [1.165, 1.54) is 0 Å². The van der Waals surface area contributed by atoms with E-state index in [4.69, 9.17) is 10.5 Å². The molecule has 0 aliphatic carbocycles. The number of rotatable bonds is 6. The van der Waals surface area contributed by atoms with E-state index in [9.17, 15) is 0 Å². The normalized spacial score (nSPS) is 13.0. The third kappa shape index (κ3) is 5.73.